The summed E-state index contributed by atoms with van der Waals surface area (Å²) in [6, 6.07) is 57.9. The van der Waals surface area contributed by atoms with Crippen LogP contribution in [0.25, 0.3) is 91.3 Å². The van der Waals surface area contributed by atoms with Crippen LogP contribution in [0, 0.1) is 0 Å². The minimum Gasteiger partial charge on any atom is -0.308 e. The number of fused-ring (bicyclic) bond motifs is 7. The Labute approximate surface area is 291 Å². The lowest BCUT2D eigenvalue weighted by Crippen LogP contribution is -1.96. The minimum absolute atomic E-state index is 0.717. The van der Waals surface area contributed by atoms with E-state index in [-0.39, 0.29) is 0 Å². The Morgan fingerprint density at radius 3 is 1.73 bits per heavy atom. The number of benzene rings is 6. The number of nitrogens with zero attached hydrogens (tertiary/aromatic N) is 3. The van der Waals surface area contributed by atoms with Gasteiger partial charge in [0.05, 0.1) is 31.1 Å². The van der Waals surface area contributed by atoms with E-state index in [4.69, 9.17) is 9.97 Å². The Balaban J connectivity index is 1.10. The average Bonchev–Trinajstić information content (AvgIpc) is 3.82. The summed E-state index contributed by atoms with van der Waals surface area (Å²) in [6.07, 6.45) is 0. The van der Waals surface area contributed by atoms with Crippen LogP contribution in [0.15, 0.2) is 164 Å². The Kier molecular flexibility index (Phi) is 6.54. The van der Waals surface area contributed by atoms with Gasteiger partial charge in [-0.3, -0.25) is 0 Å². The first-order valence-electron chi connectivity index (χ1n) is 16.3. The van der Waals surface area contributed by atoms with Gasteiger partial charge >= 0.3 is 0 Å². The van der Waals surface area contributed by atoms with E-state index in [1.807, 2.05) is 59.1 Å². The highest BCUT2D eigenvalue weighted by Gasteiger charge is 2.21. The summed E-state index contributed by atoms with van der Waals surface area (Å²) in [5.74, 6) is 0.717. The van der Waals surface area contributed by atoms with Crippen LogP contribution >= 0.6 is 22.7 Å². The highest BCUT2D eigenvalue weighted by Crippen LogP contribution is 2.49. The molecule has 0 unspecified atom stereocenters. The molecule has 5 heteroatoms. The van der Waals surface area contributed by atoms with Gasteiger partial charge in [-0.05, 0) is 47.5 Å². The van der Waals surface area contributed by atoms with E-state index in [2.05, 4.69) is 132 Å². The standard InChI is InChI=1S/C44H27N3S2/c1-4-12-29(13-5-1)36-27-37(30-14-6-2-7-15-30)46-43(45-36)31-22-20-28(21-23-31)32-24-25-38-35(26-32)42-41(47(38)33-16-8-3-9-17-33)40-34-18-10-11-19-39(34)48-44(40)49-42/h1-27H. The SMILES string of the molecule is c1ccc(-c2cc(-c3ccccc3)nc(-c3ccc(-c4ccc5c(c4)c4sc6sc7ccccc7c6c4n5-c4ccccc4)cc3)n2)cc1. The molecule has 4 aromatic heterocycles. The van der Waals surface area contributed by atoms with Gasteiger partial charge in [0.25, 0.3) is 0 Å². The summed E-state index contributed by atoms with van der Waals surface area (Å²) in [7, 11) is 0. The molecule has 49 heavy (non-hydrogen) atoms. The fourth-order valence-corrected chi connectivity index (χ4v) is 9.61. The maximum absolute atomic E-state index is 5.03. The molecule has 6 aromatic carbocycles. The van der Waals surface area contributed by atoms with Crippen LogP contribution in [0.1, 0.15) is 0 Å². The van der Waals surface area contributed by atoms with Crippen LogP contribution < -0.4 is 0 Å². The highest BCUT2D eigenvalue weighted by atomic mass is 32.2. The van der Waals surface area contributed by atoms with Gasteiger partial charge in [-0.25, -0.2) is 9.97 Å². The molecule has 3 nitrogen and oxygen atoms in total. The van der Waals surface area contributed by atoms with Crippen LogP contribution in [-0.4, -0.2) is 14.5 Å². The van der Waals surface area contributed by atoms with Gasteiger partial charge in [-0.1, -0.05) is 127 Å². The van der Waals surface area contributed by atoms with Crippen molar-refractivity contribution in [3.63, 3.8) is 0 Å². The molecule has 0 saturated carbocycles. The second-order valence-electron chi connectivity index (χ2n) is 12.2. The van der Waals surface area contributed by atoms with Gasteiger partial charge in [0.2, 0.25) is 0 Å². The summed E-state index contributed by atoms with van der Waals surface area (Å²) in [4.78, 5) is 10.1. The minimum atomic E-state index is 0.717. The molecule has 10 aromatic rings. The van der Waals surface area contributed by atoms with Crippen LogP contribution in [-0.2, 0) is 0 Å². The van der Waals surface area contributed by atoms with Gasteiger partial charge in [0.15, 0.2) is 5.82 Å². The van der Waals surface area contributed by atoms with Gasteiger partial charge in [0.1, 0.15) is 0 Å². The van der Waals surface area contributed by atoms with E-state index in [0.29, 0.717) is 0 Å². The van der Waals surface area contributed by atoms with E-state index >= 15 is 0 Å². The normalized spacial score (nSPS) is 11.7. The molecule has 0 fully saturated rings. The number of hydrogen-bond donors (Lipinski definition) is 0. The quantitative estimate of drug-likeness (QED) is 0.184. The van der Waals surface area contributed by atoms with Crippen molar-refractivity contribution in [3.05, 3.63) is 164 Å². The lowest BCUT2D eigenvalue weighted by atomic mass is 10.0. The Bertz CT molecular complexity index is 2740. The predicted molar refractivity (Wildman–Crippen MR) is 209 cm³/mol. The second-order valence-corrected chi connectivity index (χ2v) is 14.5. The number of hydrogen-bond acceptors (Lipinski definition) is 4. The topological polar surface area (TPSA) is 30.7 Å². The van der Waals surface area contributed by atoms with Crippen LogP contribution in [0.2, 0.25) is 0 Å². The Morgan fingerprint density at radius 2 is 1.04 bits per heavy atom. The highest BCUT2D eigenvalue weighted by molar-refractivity contribution is 7.45. The molecule has 0 atom stereocenters. The van der Waals surface area contributed by atoms with Gasteiger partial charge in [-0.15, -0.1) is 22.7 Å². The first-order chi connectivity index (χ1) is 24.3. The zero-order valence-electron chi connectivity index (χ0n) is 26.2. The van der Waals surface area contributed by atoms with Crippen molar-refractivity contribution in [1.29, 1.82) is 0 Å². The van der Waals surface area contributed by atoms with Crippen molar-refractivity contribution in [3.8, 4) is 50.7 Å². The van der Waals surface area contributed by atoms with E-state index in [9.17, 15) is 0 Å². The molecule has 230 valence electrons. The van der Waals surface area contributed by atoms with E-state index in [1.165, 1.54) is 51.9 Å². The number of rotatable bonds is 5. The van der Waals surface area contributed by atoms with Crippen LogP contribution in [0.4, 0.5) is 0 Å². The molecule has 0 aliphatic rings. The smallest absolute Gasteiger partial charge is 0.160 e. The van der Waals surface area contributed by atoms with E-state index < -0.39 is 0 Å². The molecule has 0 spiro atoms. The van der Waals surface area contributed by atoms with Crippen molar-refractivity contribution < 1.29 is 0 Å². The third-order valence-electron chi connectivity index (χ3n) is 9.27. The average molecular weight is 662 g/mol. The molecule has 0 aliphatic heterocycles. The maximum atomic E-state index is 5.03. The Morgan fingerprint density at radius 1 is 0.449 bits per heavy atom. The third-order valence-corrected chi connectivity index (χ3v) is 11.7. The van der Waals surface area contributed by atoms with Gasteiger partial charge in [-0.2, -0.15) is 0 Å². The van der Waals surface area contributed by atoms with Crippen molar-refractivity contribution >= 4 is 63.3 Å². The number of aromatic nitrogens is 3. The summed E-state index contributed by atoms with van der Waals surface area (Å²) in [5.41, 5.74) is 11.0. The molecule has 10 rings (SSSR count). The molecular weight excluding hydrogens is 635 g/mol. The number of thiophene rings is 2. The molecule has 0 aliphatic carbocycles. The molecular formula is C44H27N3S2. The summed E-state index contributed by atoms with van der Waals surface area (Å²) < 4.78 is 6.51. The van der Waals surface area contributed by atoms with Crippen LogP contribution in [0.3, 0.4) is 0 Å². The monoisotopic (exact) mass is 661 g/mol. The molecule has 4 heterocycles. The van der Waals surface area contributed by atoms with E-state index in [0.717, 1.165) is 39.5 Å². The second kappa shape index (κ2) is 11.4. The Hall–Kier alpha value is -5.88. The third kappa shape index (κ3) is 4.70. The first kappa shape index (κ1) is 28.2. The van der Waals surface area contributed by atoms with Crippen molar-refractivity contribution in [2.24, 2.45) is 0 Å². The molecule has 0 bridgehead atoms. The van der Waals surface area contributed by atoms with Crippen molar-refractivity contribution in [2.45, 2.75) is 0 Å². The van der Waals surface area contributed by atoms with Crippen molar-refractivity contribution in [1.82, 2.24) is 14.5 Å². The zero-order valence-corrected chi connectivity index (χ0v) is 27.9. The lowest BCUT2D eigenvalue weighted by Gasteiger charge is -2.10. The molecule has 0 amide bonds. The number of para-hydroxylation sites is 1. The maximum Gasteiger partial charge on any atom is 0.160 e. The van der Waals surface area contributed by atoms with Crippen molar-refractivity contribution in [2.75, 3.05) is 0 Å². The summed E-state index contributed by atoms with van der Waals surface area (Å²) in [6.45, 7) is 0. The zero-order chi connectivity index (χ0) is 32.3. The molecule has 0 N–H and O–H groups in total. The lowest BCUT2D eigenvalue weighted by molar-refractivity contribution is 1.18. The molecule has 0 saturated heterocycles. The fourth-order valence-electron chi connectivity index (χ4n) is 6.93. The summed E-state index contributed by atoms with van der Waals surface area (Å²) in [5, 5.41) is 3.97. The van der Waals surface area contributed by atoms with Crippen LogP contribution in [0.5, 0.6) is 0 Å². The van der Waals surface area contributed by atoms with Gasteiger partial charge in [0, 0.05) is 43.2 Å². The fraction of sp³-hybridized carbons (Fsp3) is 0. The summed E-state index contributed by atoms with van der Waals surface area (Å²) >= 11 is 3.81. The first-order valence-corrected chi connectivity index (χ1v) is 18.0. The van der Waals surface area contributed by atoms with Gasteiger partial charge < -0.3 is 4.57 Å². The molecule has 0 radical (unpaired) electrons. The largest absolute Gasteiger partial charge is 0.308 e. The predicted octanol–water partition coefficient (Wildman–Crippen LogP) is 12.7. The van der Waals surface area contributed by atoms with E-state index in [1.54, 1.807) is 0 Å².